The van der Waals surface area contributed by atoms with Crippen LogP contribution in [-0.4, -0.2) is 52.1 Å². The largest absolute Gasteiger partial charge is 0.495 e. The van der Waals surface area contributed by atoms with Gasteiger partial charge in [-0.15, -0.1) is 0 Å². The zero-order valence-corrected chi connectivity index (χ0v) is 23.1. The first kappa shape index (κ1) is 28.2. The fourth-order valence-corrected chi connectivity index (χ4v) is 5.88. The molecular formula is C23H26ClN5O6S2. The highest BCUT2D eigenvalue weighted by atomic mass is 35.5. The Morgan fingerprint density at radius 3 is 2.11 bits per heavy atom. The molecule has 14 heteroatoms. The minimum Gasteiger partial charge on any atom is -0.495 e. The summed E-state index contributed by atoms with van der Waals surface area (Å²) >= 11 is 6.15. The number of amides is 1. The first-order valence-electron chi connectivity index (χ1n) is 10.8. The average molecular weight is 568 g/mol. The molecule has 0 aliphatic heterocycles. The second-order valence-corrected chi connectivity index (χ2v) is 12.1. The minimum absolute atomic E-state index is 0.0526. The lowest BCUT2D eigenvalue weighted by molar-refractivity contribution is -0.116. The lowest BCUT2D eigenvalue weighted by Crippen LogP contribution is -2.45. The van der Waals surface area contributed by atoms with Gasteiger partial charge < -0.3 is 10.1 Å². The van der Waals surface area contributed by atoms with Crippen LogP contribution in [0.25, 0.3) is 0 Å². The van der Waals surface area contributed by atoms with Crippen LogP contribution in [0.5, 0.6) is 5.75 Å². The summed E-state index contributed by atoms with van der Waals surface area (Å²) in [5, 5.41) is 2.78. The van der Waals surface area contributed by atoms with Crippen LogP contribution in [0.15, 0.2) is 53.4 Å². The highest BCUT2D eigenvalue weighted by Gasteiger charge is 2.30. The number of hydrogen-bond donors (Lipinski definition) is 2. The van der Waals surface area contributed by atoms with Gasteiger partial charge in [-0.05, 0) is 69.3 Å². The van der Waals surface area contributed by atoms with Gasteiger partial charge in [0.2, 0.25) is 21.9 Å². The molecule has 1 atom stereocenters. The van der Waals surface area contributed by atoms with E-state index in [0.29, 0.717) is 17.1 Å². The van der Waals surface area contributed by atoms with E-state index in [1.165, 1.54) is 56.5 Å². The summed E-state index contributed by atoms with van der Waals surface area (Å²) in [4.78, 5) is 21.0. The number of nitrogens with zero attached hydrogens (tertiary/aromatic N) is 3. The van der Waals surface area contributed by atoms with Gasteiger partial charge in [0.05, 0.1) is 29.0 Å². The van der Waals surface area contributed by atoms with Crippen molar-refractivity contribution < 1.29 is 26.4 Å². The summed E-state index contributed by atoms with van der Waals surface area (Å²) in [6, 6.07) is 10.3. The smallest absolute Gasteiger partial charge is 0.264 e. The average Bonchev–Trinajstić information content (AvgIpc) is 2.77. The maximum atomic E-state index is 12.9. The normalized spacial score (nSPS) is 12.5. The van der Waals surface area contributed by atoms with Crippen molar-refractivity contribution in [1.82, 2.24) is 9.97 Å². The second-order valence-electron chi connectivity index (χ2n) is 8.15. The number of aromatic nitrogens is 2. The van der Waals surface area contributed by atoms with Crippen LogP contribution >= 0.6 is 11.6 Å². The number of methoxy groups -OCH3 is 1. The van der Waals surface area contributed by atoms with Gasteiger partial charge in [0.15, 0.2) is 0 Å². The molecular weight excluding hydrogens is 542 g/mol. The van der Waals surface area contributed by atoms with E-state index in [2.05, 4.69) is 20.0 Å². The zero-order chi connectivity index (χ0) is 27.5. The van der Waals surface area contributed by atoms with Gasteiger partial charge in [-0.1, -0.05) is 11.6 Å². The molecule has 0 aliphatic rings. The van der Waals surface area contributed by atoms with E-state index in [9.17, 15) is 21.6 Å². The van der Waals surface area contributed by atoms with Crippen molar-refractivity contribution in [3.8, 4) is 5.75 Å². The SMILES string of the molecule is COc1ccc(N([C@H](C)C(=O)Nc2ccc(S(=O)(=O)Nc3nc(C)cc(C)n3)cc2)S(C)(=O)=O)cc1Cl. The number of anilines is 3. The van der Waals surface area contributed by atoms with Crippen molar-refractivity contribution in [3.63, 3.8) is 0 Å². The van der Waals surface area contributed by atoms with Gasteiger partial charge in [-0.3, -0.25) is 9.10 Å². The van der Waals surface area contributed by atoms with E-state index in [1.54, 1.807) is 19.9 Å². The number of carbonyl (C=O) groups excluding carboxylic acids is 1. The van der Waals surface area contributed by atoms with Crippen LogP contribution in [0.3, 0.4) is 0 Å². The van der Waals surface area contributed by atoms with Crippen LogP contribution in [0.1, 0.15) is 18.3 Å². The predicted molar refractivity (Wildman–Crippen MR) is 142 cm³/mol. The number of rotatable bonds is 9. The molecule has 0 fully saturated rings. The topological polar surface area (TPSA) is 148 Å². The Morgan fingerprint density at radius 2 is 1.59 bits per heavy atom. The van der Waals surface area contributed by atoms with E-state index in [0.717, 1.165) is 10.6 Å². The summed E-state index contributed by atoms with van der Waals surface area (Å²) in [6.45, 7) is 4.86. The molecule has 0 saturated heterocycles. The van der Waals surface area contributed by atoms with Gasteiger partial charge in [0, 0.05) is 17.1 Å². The Kier molecular flexibility index (Phi) is 8.30. The van der Waals surface area contributed by atoms with E-state index >= 15 is 0 Å². The molecule has 0 saturated carbocycles. The maximum absolute atomic E-state index is 12.9. The quantitative estimate of drug-likeness (QED) is 0.400. The van der Waals surface area contributed by atoms with Gasteiger partial charge in [-0.2, -0.15) is 0 Å². The van der Waals surface area contributed by atoms with Crippen LogP contribution in [0, 0.1) is 13.8 Å². The third kappa shape index (κ3) is 6.87. The molecule has 1 amide bonds. The van der Waals surface area contributed by atoms with E-state index in [1.807, 2.05) is 0 Å². The number of nitrogens with one attached hydrogen (secondary N) is 2. The summed E-state index contributed by atoms with van der Waals surface area (Å²) in [6.07, 6.45) is 0.973. The maximum Gasteiger partial charge on any atom is 0.264 e. The Bertz CT molecular complexity index is 1510. The summed E-state index contributed by atoms with van der Waals surface area (Å²) in [7, 11) is -6.44. The second kappa shape index (κ2) is 10.9. The van der Waals surface area contributed by atoms with E-state index in [-0.39, 0.29) is 27.2 Å². The summed E-state index contributed by atoms with van der Waals surface area (Å²) in [5.41, 5.74) is 1.66. The molecule has 11 nitrogen and oxygen atoms in total. The van der Waals surface area contributed by atoms with Gasteiger partial charge in [0.25, 0.3) is 10.0 Å². The van der Waals surface area contributed by atoms with Crippen molar-refractivity contribution in [2.75, 3.05) is 27.7 Å². The first-order valence-corrected chi connectivity index (χ1v) is 14.5. The number of carbonyl (C=O) groups is 1. The molecule has 0 bridgehead atoms. The predicted octanol–water partition coefficient (Wildman–Crippen LogP) is 3.35. The van der Waals surface area contributed by atoms with Gasteiger partial charge in [-0.25, -0.2) is 31.5 Å². The van der Waals surface area contributed by atoms with Crippen LogP contribution in [0.4, 0.5) is 17.3 Å². The van der Waals surface area contributed by atoms with Crippen molar-refractivity contribution in [3.05, 3.63) is 64.9 Å². The van der Waals surface area contributed by atoms with Gasteiger partial charge >= 0.3 is 0 Å². The minimum atomic E-state index is -3.99. The number of sulfonamides is 2. The molecule has 1 aromatic heterocycles. The van der Waals surface area contributed by atoms with E-state index < -0.39 is 32.0 Å². The molecule has 37 heavy (non-hydrogen) atoms. The lowest BCUT2D eigenvalue weighted by Gasteiger charge is -2.28. The van der Waals surface area contributed by atoms with Crippen molar-refractivity contribution >= 4 is 54.9 Å². The molecule has 0 aliphatic carbocycles. The standard InChI is InChI=1S/C23H26ClN5O6S2/c1-14-12-15(2)26-23(25-14)28-37(33,34)19-9-6-17(7-10-19)27-22(30)16(3)29(36(5,31)32)18-8-11-21(35-4)20(24)13-18/h6-13,16H,1-5H3,(H,27,30)(H,25,26,28)/t16-/m1/s1. The van der Waals surface area contributed by atoms with Crippen LogP contribution < -0.4 is 19.1 Å². The molecule has 198 valence electrons. The number of halogens is 1. The van der Waals surface area contributed by atoms with Gasteiger partial charge in [0.1, 0.15) is 11.8 Å². The van der Waals surface area contributed by atoms with Crippen molar-refractivity contribution in [2.24, 2.45) is 0 Å². The monoisotopic (exact) mass is 567 g/mol. The Labute approximate surface area is 220 Å². The highest BCUT2D eigenvalue weighted by Crippen LogP contribution is 2.31. The van der Waals surface area contributed by atoms with E-state index in [4.69, 9.17) is 16.3 Å². The molecule has 2 aromatic carbocycles. The Morgan fingerprint density at radius 1 is 1.00 bits per heavy atom. The Hall–Kier alpha value is -3.42. The van der Waals surface area contributed by atoms with Crippen LogP contribution in [0.2, 0.25) is 5.02 Å². The fraction of sp³-hybridized carbons (Fsp3) is 0.261. The highest BCUT2D eigenvalue weighted by molar-refractivity contribution is 7.92. The van der Waals surface area contributed by atoms with Crippen molar-refractivity contribution in [1.29, 1.82) is 0 Å². The first-order chi connectivity index (χ1) is 17.2. The molecule has 2 N–H and O–H groups in total. The third-order valence-electron chi connectivity index (χ3n) is 5.12. The summed E-state index contributed by atoms with van der Waals surface area (Å²) in [5.74, 6) is -0.345. The van der Waals surface area contributed by atoms with Crippen LogP contribution in [-0.2, 0) is 24.8 Å². The number of aryl methyl sites for hydroxylation is 2. The molecule has 0 radical (unpaired) electrons. The molecule has 0 unspecified atom stereocenters. The molecule has 3 rings (SSSR count). The fourth-order valence-electron chi connectivity index (χ4n) is 3.52. The lowest BCUT2D eigenvalue weighted by atomic mass is 10.2. The number of benzene rings is 2. The number of hydrogen-bond acceptors (Lipinski definition) is 8. The number of ether oxygens (including phenoxy) is 1. The molecule has 1 heterocycles. The summed E-state index contributed by atoms with van der Waals surface area (Å²) < 4.78 is 58.9. The zero-order valence-electron chi connectivity index (χ0n) is 20.7. The molecule has 3 aromatic rings. The van der Waals surface area contributed by atoms with Crippen molar-refractivity contribution in [2.45, 2.75) is 31.7 Å². The molecule has 0 spiro atoms. The Balaban J connectivity index is 1.78. The third-order valence-corrected chi connectivity index (χ3v) is 8.00.